The number of halogens is 1. The average Bonchev–Trinajstić information content (AvgIpc) is 3.43. The van der Waals surface area contributed by atoms with Gasteiger partial charge in [-0.2, -0.15) is 0 Å². The van der Waals surface area contributed by atoms with Gasteiger partial charge in [0.15, 0.2) is 17.2 Å². The monoisotopic (exact) mass is 615 g/mol. The molecule has 3 aromatic carbocycles. The molecule has 224 valence electrons. The van der Waals surface area contributed by atoms with E-state index >= 15 is 0 Å². The minimum absolute atomic E-state index is 0.0191. The number of nitrogens with zero attached hydrogens (tertiary/aromatic N) is 2. The Morgan fingerprint density at radius 3 is 2.60 bits per heavy atom. The van der Waals surface area contributed by atoms with Gasteiger partial charge in [0.05, 0.1) is 28.8 Å². The Hall–Kier alpha value is -3.51. The highest BCUT2D eigenvalue weighted by molar-refractivity contribution is 7.92. The van der Waals surface area contributed by atoms with Gasteiger partial charge < -0.3 is 24.2 Å². The molecule has 0 unspecified atom stereocenters. The van der Waals surface area contributed by atoms with Crippen LogP contribution < -0.4 is 18.9 Å². The normalized spacial score (nSPS) is 19.1. The third-order valence-electron chi connectivity index (χ3n) is 7.44. The summed E-state index contributed by atoms with van der Waals surface area (Å²) in [6.07, 6.45) is -0.426. The molecule has 2 aliphatic heterocycles. The number of para-hydroxylation sites is 1. The largest absolute Gasteiger partial charge is 0.486 e. The van der Waals surface area contributed by atoms with Crippen molar-refractivity contribution in [1.82, 2.24) is 9.80 Å². The van der Waals surface area contributed by atoms with E-state index in [1.54, 1.807) is 30.0 Å². The van der Waals surface area contributed by atoms with Gasteiger partial charge in [-0.1, -0.05) is 30.7 Å². The van der Waals surface area contributed by atoms with E-state index in [1.165, 1.54) is 24.3 Å². The van der Waals surface area contributed by atoms with Crippen molar-refractivity contribution in [3.8, 4) is 17.2 Å². The lowest BCUT2D eigenvalue weighted by atomic mass is 9.99. The summed E-state index contributed by atoms with van der Waals surface area (Å²) in [4.78, 5) is 17.5. The lowest BCUT2D eigenvalue weighted by Crippen LogP contribution is -2.49. The summed E-state index contributed by atoms with van der Waals surface area (Å²) in [5, 5.41) is 10.4. The van der Waals surface area contributed by atoms with Crippen molar-refractivity contribution < 1.29 is 32.5 Å². The third kappa shape index (κ3) is 6.44. The van der Waals surface area contributed by atoms with E-state index in [1.807, 2.05) is 32.2 Å². The number of rotatable bonds is 9. The number of carbonyl (C=O) groups is 1. The molecule has 12 heteroatoms. The molecule has 0 radical (unpaired) electrons. The van der Waals surface area contributed by atoms with Crippen molar-refractivity contribution >= 4 is 33.2 Å². The smallest absolute Gasteiger partial charge is 0.262 e. The molecule has 3 aromatic rings. The molecule has 0 spiro atoms. The summed E-state index contributed by atoms with van der Waals surface area (Å²) in [5.41, 5.74) is 1.38. The summed E-state index contributed by atoms with van der Waals surface area (Å²) in [5.74, 6) is 1.05. The minimum Gasteiger partial charge on any atom is -0.486 e. The van der Waals surface area contributed by atoms with E-state index in [-0.39, 0.29) is 47.1 Å². The zero-order valence-electron chi connectivity index (χ0n) is 23.6. The molecule has 2 N–H and O–H groups in total. The Labute approximate surface area is 250 Å². The first-order valence-corrected chi connectivity index (χ1v) is 15.5. The number of hydrogen-bond acceptors (Lipinski definition) is 8. The van der Waals surface area contributed by atoms with Crippen LogP contribution in [0.25, 0.3) is 0 Å². The molecule has 2 heterocycles. The lowest BCUT2D eigenvalue weighted by molar-refractivity contribution is 0.0344. The van der Waals surface area contributed by atoms with Gasteiger partial charge in [0.25, 0.3) is 15.9 Å². The number of aliphatic hydroxyl groups excluding tert-OH is 1. The Morgan fingerprint density at radius 1 is 1.12 bits per heavy atom. The Balaban J connectivity index is 1.46. The van der Waals surface area contributed by atoms with Crippen molar-refractivity contribution in [2.45, 2.75) is 37.4 Å². The number of likely N-dealkylation sites (N-methyl/N-ethyl adjacent to an activating group) is 1. The van der Waals surface area contributed by atoms with E-state index in [0.717, 1.165) is 5.56 Å². The second kappa shape index (κ2) is 12.4. The molecule has 0 bridgehead atoms. The minimum atomic E-state index is -4.02. The van der Waals surface area contributed by atoms with Gasteiger partial charge in [-0.3, -0.25) is 14.4 Å². The molecular formula is C30H34ClN3O7S. The second-order valence-electron chi connectivity index (χ2n) is 10.7. The predicted molar refractivity (Wildman–Crippen MR) is 159 cm³/mol. The molecule has 3 atom stereocenters. The number of ether oxygens (including phenoxy) is 3. The fourth-order valence-electron chi connectivity index (χ4n) is 5.08. The summed E-state index contributed by atoms with van der Waals surface area (Å²) in [7, 11) is -2.06. The lowest BCUT2D eigenvalue weighted by Gasteiger charge is -2.38. The van der Waals surface area contributed by atoms with Crippen LogP contribution in [0.4, 0.5) is 5.69 Å². The van der Waals surface area contributed by atoms with Crippen LogP contribution in [0.2, 0.25) is 5.02 Å². The first kappa shape index (κ1) is 30.0. The van der Waals surface area contributed by atoms with Gasteiger partial charge in [0.2, 0.25) is 6.79 Å². The molecule has 0 fully saturated rings. The van der Waals surface area contributed by atoms with Gasteiger partial charge in [-0.25, -0.2) is 8.42 Å². The number of hydrogen-bond donors (Lipinski definition) is 2. The number of benzene rings is 3. The molecule has 10 nitrogen and oxygen atoms in total. The summed E-state index contributed by atoms with van der Waals surface area (Å²) >= 11 is 5.95. The first-order valence-electron chi connectivity index (χ1n) is 13.6. The van der Waals surface area contributed by atoms with Gasteiger partial charge in [-0.05, 0) is 68.1 Å². The van der Waals surface area contributed by atoms with Crippen LogP contribution in [0, 0.1) is 5.92 Å². The number of amides is 1. The Bertz CT molecular complexity index is 1550. The highest BCUT2D eigenvalue weighted by Gasteiger charge is 2.35. The van der Waals surface area contributed by atoms with Crippen LogP contribution in [0.15, 0.2) is 65.6 Å². The van der Waals surface area contributed by atoms with Crippen LogP contribution >= 0.6 is 11.6 Å². The summed E-state index contributed by atoms with van der Waals surface area (Å²) in [6.45, 7) is 5.16. The number of aliphatic hydroxyl groups is 1. The number of nitrogens with one attached hydrogen (secondary N) is 1. The van der Waals surface area contributed by atoms with E-state index in [4.69, 9.17) is 25.8 Å². The number of anilines is 1. The maximum absolute atomic E-state index is 13.7. The van der Waals surface area contributed by atoms with Crippen molar-refractivity contribution in [1.29, 1.82) is 0 Å². The van der Waals surface area contributed by atoms with Gasteiger partial charge >= 0.3 is 0 Å². The first-order chi connectivity index (χ1) is 20.1. The van der Waals surface area contributed by atoms with Crippen molar-refractivity contribution in [2.75, 3.05) is 38.3 Å². The SMILES string of the molecule is C[C@H](CO)N1C[C@H](C)[C@@H](CN(C)Cc2ccc3c(c2)OCO3)Oc2c(NS(=O)(=O)c3ccc(Cl)cc3)cccc2C1=O. The maximum Gasteiger partial charge on any atom is 0.262 e. The predicted octanol–water partition coefficient (Wildman–Crippen LogP) is 4.22. The quantitative estimate of drug-likeness (QED) is 0.367. The molecule has 5 rings (SSSR count). The van der Waals surface area contributed by atoms with Gasteiger partial charge in [0.1, 0.15) is 6.10 Å². The molecular weight excluding hydrogens is 582 g/mol. The van der Waals surface area contributed by atoms with Crippen LogP contribution in [-0.4, -0.2) is 74.9 Å². The number of sulfonamides is 1. The van der Waals surface area contributed by atoms with Gasteiger partial charge in [0, 0.05) is 30.6 Å². The molecule has 2 aliphatic rings. The summed E-state index contributed by atoms with van der Waals surface area (Å²) < 4.78 is 46.7. The van der Waals surface area contributed by atoms with Crippen LogP contribution in [0.5, 0.6) is 17.2 Å². The zero-order valence-corrected chi connectivity index (χ0v) is 25.2. The molecule has 1 amide bonds. The topological polar surface area (TPSA) is 118 Å². The van der Waals surface area contributed by atoms with Crippen molar-refractivity contribution in [2.24, 2.45) is 5.92 Å². The second-order valence-corrected chi connectivity index (χ2v) is 12.9. The molecule has 42 heavy (non-hydrogen) atoms. The maximum atomic E-state index is 13.7. The van der Waals surface area contributed by atoms with Crippen molar-refractivity contribution in [3.05, 3.63) is 76.8 Å². The van der Waals surface area contributed by atoms with Crippen LogP contribution in [0.1, 0.15) is 29.8 Å². The van der Waals surface area contributed by atoms with Crippen molar-refractivity contribution in [3.63, 3.8) is 0 Å². The zero-order chi connectivity index (χ0) is 30.0. The molecule has 0 aliphatic carbocycles. The van der Waals surface area contributed by atoms with E-state index in [9.17, 15) is 18.3 Å². The molecule has 0 aromatic heterocycles. The average molecular weight is 616 g/mol. The highest BCUT2D eigenvalue weighted by atomic mass is 35.5. The molecule has 0 saturated heterocycles. The number of fused-ring (bicyclic) bond motifs is 2. The molecule has 0 saturated carbocycles. The highest BCUT2D eigenvalue weighted by Crippen LogP contribution is 2.37. The van der Waals surface area contributed by atoms with Crippen LogP contribution in [-0.2, 0) is 16.6 Å². The number of carbonyl (C=O) groups excluding carboxylic acids is 1. The standard InChI is InChI=1S/C30H34ClN3O7S/c1-19-14-34(20(2)17-35)30(36)24-5-4-6-25(32-42(37,38)23-10-8-22(31)9-11-23)29(24)41-28(19)16-33(3)15-21-7-12-26-27(13-21)40-18-39-26/h4-13,19-20,28,32,35H,14-18H2,1-3H3/t19-,20+,28+/m0/s1. The van der Waals surface area contributed by atoms with Crippen LogP contribution in [0.3, 0.4) is 0 Å². The summed E-state index contributed by atoms with van der Waals surface area (Å²) in [6, 6.07) is 15.9. The Morgan fingerprint density at radius 2 is 1.86 bits per heavy atom. The van der Waals surface area contributed by atoms with E-state index in [0.29, 0.717) is 36.2 Å². The third-order valence-corrected chi connectivity index (χ3v) is 9.07. The van der Waals surface area contributed by atoms with E-state index < -0.39 is 22.2 Å². The van der Waals surface area contributed by atoms with E-state index in [2.05, 4.69) is 9.62 Å². The van der Waals surface area contributed by atoms with Gasteiger partial charge in [-0.15, -0.1) is 0 Å². The fraction of sp³-hybridized carbons (Fsp3) is 0.367. The fourth-order valence-corrected chi connectivity index (χ4v) is 6.27. The Kier molecular flexibility index (Phi) is 8.84.